The number of aromatic nitrogens is 2. The van der Waals surface area contributed by atoms with E-state index in [9.17, 15) is 10.1 Å². The van der Waals surface area contributed by atoms with E-state index in [-0.39, 0.29) is 5.91 Å². The smallest absolute Gasteiger partial charge is 0.256 e. The molecule has 6 heteroatoms. The van der Waals surface area contributed by atoms with Crippen LogP contribution in [0.4, 0.5) is 5.69 Å². The fraction of sp³-hybridized carbons (Fsp3) is 0.0357. The highest BCUT2D eigenvalue weighted by Gasteiger charge is 2.15. The summed E-state index contributed by atoms with van der Waals surface area (Å²) in [6, 6.07) is 29.8. The Labute approximate surface area is 196 Å². The van der Waals surface area contributed by atoms with Crippen molar-refractivity contribution in [2.24, 2.45) is 0 Å². The summed E-state index contributed by atoms with van der Waals surface area (Å²) < 4.78 is 7.85. The summed E-state index contributed by atoms with van der Waals surface area (Å²) in [6.07, 6.45) is 3.87. The predicted octanol–water partition coefficient (Wildman–Crippen LogP) is 5.70. The monoisotopic (exact) mass is 444 g/mol. The minimum atomic E-state index is -0.263. The first-order valence-corrected chi connectivity index (χ1v) is 10.8. The number of imidazole rings is 1. The second kappa shape index (κ2) is 9.31. The van der Waals surface area contributed by atoms with Crippen molar-refractivity contribution < 1.29 is 9.53 Å². The maximum absolute atomic E-state index is 13.2. The van der Waals surface area contributed by atoms with Crippen LogP contribution in [0.1, 0.15) is 21.6 Å². The molecule has 0 radical (unpaired) electrons. The highest BCUT2D eigenvalue weighted by atomic mass is 16.5. The molecule has 1 amide bonds. The van der Waals surface area contributed by atoms with Gasteiger partial charge in [-0.1, -0.05) is 48.5 Å². The number of benzene rings is 3. The Balaban J connectivity index is 1.33. The molecule has 2 aromatic heterocycles. The van der Waals surface area contributed by atoms with Gasteiger partial charge in [0.25, 0.3) is 5.91 Å². The molecule has 0 fully saturated rings. The van der Waals surface area contributed by atoms with Gasteiger partial charge >= 0.3 is 0 Å². The van der Waals surface area contributed by atoms with E-state index < -0.39 is 0 Å². The summed E-state index contributed by atoms with van der Waals surface area (Å²) in [7, 11) is 0. The predicted molar refractivity (Wildman–Crippen MR) is 131 cm³/mol. The summed E-state index contributed by atoms with van der Waals surface area (Å²) in [6.45, 7) is 0.312. The maximum atomic E-state index is 13.2. The van der Waals surface area contributed by atoms with Gasteiger partial charge < -0.3 is 14.5 Å². The molecule has 0 aliphatic rings. The van der Waals surface area contributed by atoms with Gasteiger partial charge in [-0.15, -0.1) is 0 Å². The molecule has 0 unspecified atom stereocenters. The van der Waals surface area contributed by atoms with Crippen LogP contribution in [0, 0.1) is 11.3 Å². The summed E-state index contributed by atoms with van der Waals surface area (Å²) in [5, 5.41) is 12.4. The van der Waals surface area contributed by atoms with Gasteiger partial charge in [0.2, 0.25) is 0 Å². The molecule has 2 heterocycles. The Kier molecular flexibility index (Phi) is 5.74. The van der Waals surface area contributed by atoms with E-state index in [4.69, 9.17) is 4.74 Å². The summed E-state index contributed by atoms with van der Waals surface area (Å²) >= 11 is 0. The molecule has 0 saturated heterocycles. The number of hydrogen-bond acceptors (Lipinski definition) is 4. The van der Waals surface area contributed by atoms with Crippen LogP contribution in [0.3, 0.4) is 0 Å². The first kappa shape index (κ1) is 21.0. The Morgan fingerprint density at radius 1 is 0.941 bits per heavy atom. The number of hydrogen-bond donors (Lipinski definition) is 1. The van der Waals surface area contributed by atoms with Crippen LogP contribution in [-0.2, 0) is 6.61 Å². The van der Waals surface area contributed by atoms with Crippen molar-refractivity contribution in [2.75, 3.05) is 5.32 Å². The van der Waals surface area contributed by atoms with E-state index in [0.29, 0.717) is 34.7 Å². The summed E-state index contributed by atoms with van der Waals surface area (Å²) in [5.74, 6) is 0.360. The van der Waals surface area contributed by atoms with E-state index in [1.54, 1.807) is 18.2 Å². The van der Waals surface area contributed by atoms with E-state index in [1.165, 1.54) is 0 Å². The van der Waals surface area contributed by atoms with Gasteiger partial charge in [0, 0.05) is 35.3 Å². The molecule has 6 nitrogen and oxygen atoms in total. The average Bonchev–Trinajstić information content (AvgIpc) is 3.31. The van der Waals surface area contributed by atoms with E-state index in [1.807, 2.05) is 89.6 Å². The lowest BCUT2D eigenvalue weighted by molar-refractivity contribution is 0.102. The van der Waals surface area contributed by atoms with Crippen LogP contribution in [0.15, 0.2) is 103 Å². The molecular weight excluding hydrogens is 424 g/mol. The number of carbonyl (C=O) groups is 1. The standard InChI is InChI=1S/C28H20N4O2/c29-17-20-8-1-2-11-24(20)25-12-3-4-13-26(25)28(33)31-21-9-7-10-23(16-21)34-19-22-18-32-15-6-5-14-27(32)30-22/h1-16,18H,19H2,(H,31,33). The van der Waals surface area contributed by atoms with E-state index >= 15 is 0 Å². The number of nitriles is 1. The average molecular weight is 444 g/mol. The molecular formula is C28H20N4O2. The topological polar surface area (TPSA) is 79.4 Å². The third-order valence-electron chi connectivity index (χ3n) is 5.40. The third kappa shape index (κ3) is 4.36. The van der Waals surface area contributed by atoms with Crippen molar-refractivity contribution in [2.45, 2.75) is 6.61 Å². The summed E-state index contributed by atoms with van der Waals surface area (Å²) in [4.78, 5) is 17.7. The number of pyridine rings is 1. The quantitative estimate of drug-likeness (QED) is 0.364. The van der Waals surface area contributed by atoms with Gasteiger partial charge in [-0.05, 0) is 42.0 Å². The van der Waals surface area contributed by atoms with Crippen LogP contribution in [-0.4, -0.2) is 15.3 Å². The lowest BCUT2D eigenvalue weighted by atomic mass is 9.95. The van der Waals surface area contributed by atoms with Gasteiger partial charge in [-0.3, -0.25) is 4.79 Å². The zero-order valence-corrected chi connectivity index (χ0v) is 18.2. The Bertz CT molecular complexity index is 1500. The van der Waals surface area contributed by atoms with Crippen molar-refractivity contribution in [3.8, 4) is 22.9 Å². The normalized spacial score (nSPS) is 10.6. The molecule has 0 bridgehead atoms. The number of anilines is 1. The molecule has 0 aliphatic carbocycles. The van der Waals surface area contributed by atoms with Crippen LogP contribution in [0.5, 0.6) is 5.75 Å². The van der Waals surface area contributed by atoms with Gasteiger partial charge in [-0.25, -0.2) is 4.98 Å². The van der Waals surface area contributed by atoms with Crippen LogP contribution < -0.4 is 10.1 Å². The van der Waals surface area contributed by atoms with Gasteiger partial charge in [0.05, 0.1) is 17.3 Å². The molecule has 5 rings (SSSR count). The second-order valence-electron chi connectivity index (χ2n) is 7.67. The van der Waals surface area contributed by atoms with Crippen LogP contribution >= 0.6 is 0 Å². The lowest BCUT2D eigenvalue weighted by Crippen LogP contribution is -2.13. The first-order valence-electron chi connectivity index (χ1n) is 10.8. The number of ether oxygens (including phenoxy) is 1. The zero-order chi connectivity index (χ0) is 23.3. The molecule has 0 atom stereocenters. The second-order valence-corrected chi connectivity index (χ2v) is 7.67. The highest BCUT2D eigenvalue weighted by molar-refractivity contribution is 6.09. The summed E-state index contributed by atoms with van der Waals surface area (Å²) in [5.41, 5.74) is 4.72. The number of fused-ring (bicyclic) bond motifs is 1. The van der Waals surface area contributed by atoms with E-state index in [0.717, 1.165) is 16.9 Å². The van der Waals surface area contributed by atoms with Crippen molar-refractivity contribution >= 4 is 17.2 Å². The van der Waals surface area contributed by atoms with Crippen LogP contribution in [0.25, 0.3) is 16.8 Å². The molecule has 164 valence electrons. The molecule has 0 aliphatic heterocycles. The third-order valence-corrected chi connectivity index (χ3v) is 5.40. The van der Waals surface area contributed by atoms with Crippen molar-refractivity contribution in [1.29, 1.82) is 5.26 Å². The minimum absolute atomic E-state index is 0.263. The Hall–Kier alpha value is -4.89. The van der Waals surface area contributed by atoms with Gasteiger partial charge in [0.15, 0.2) is 0 Å². The fourth-order valence-electron chi connectivity index (χ4n) is 3.81. The fourth-order valence-corrected chi connectivity index (χ4v) is 3.81. The maximum Gasteiger partial charge on any atom is 0.256 e. The first-order chi connectivity index (χ1) is 16.7. The Morgan fingerprint density at radius 3 is 2.59 bits per heavy atom. The number of amides is 1. The van der Waals surface area contributed by atoms with Crippen molar-refractivity contribution in [3.63, 3.8) is 0 Å². The van der Waals surface area contributed by atoms with Crippen molar-refractivity contribution in [3.05, 3.63) is 120 Å². The lowest BCUT2D eigenvalue weighted by Gasteiger charge is -2.12. The van der Waals surface area contributed by atoms with E-state index in [2.05, 4.69) is 16.4 Å². The molecule has 0 spiro atoms. The number of nitrogens with one attached hydrogen (secondary N) is 1. The highest BCUT2D eigenvalue weighted by Crippen LogP contribution is 2.28. The molecule has 1 N–H and O–H groups in total. The number of rotatable bonds is 6. The zero-order valence-electron chi connectivity index (χ0n) is 18.2. The molecule has 3 aromatic carbocycles. The minimum Gasteiger partial charge on any atom is -0.487 e. The largest absolute Gasteiger partial charge is 0.487 e. The number of nitrogens with zero attached hydrogens (tertiary/aromatic N) is 3. The molecule has 0 saturated carbocycles. The van der Waals surface area contributed by atoms with Crippen LogP contribution in [0.2, 0.25) is 0 Å². The SMILES string of the molecule is N#Cc1ccccc1-c1ccccc1C(=O)Nc1cccc(OCc2cn3ccccc3n2)c1. The Morgan fingerprint density at radius 2 is 1.74 bits per heavy atom. The van der Waals surface area contributed by atoms with Crippen molar-refractivity contribution in [1.82, 2.24) is 9.38 Å². The van der Waals surface area contributed by atoms with Gasteiger partial charge in [-0.2, -0.15) is 5.26 Å². The molecule has 34 heavy (non-hydrogen) atoms. The molecule has 5 aromatic rings. The number of carbonyl (C=O) groups excluding carboxylic acids is 1. The van der Waals surface area contributed by atoms with Gasteiger partial charge in [0.1, 0.15) is 18.0 Å².